The lowest BCUT2D eigenvalue weighted by Gasteiger charge is -2.09. The third-order valence-corrected chi connectivity index (χ3v) is 2.58. The highest BCUT2D eigenvalue weighted by Gasteiger charge is 2.13. The molecule has 0 saturated carbocycles. The molecule has 1 rings (SSSR count). The minimum Gasteiger partial charge on any atom is -0.495 e. The first-order chi connectivity index (χ1) is 6.20. The van der Waals surface area contributed by atoms with E-state index in [2.05, 4.69) is 22.0 Å². The van der Waals surface area contributed by atoms with Gasteiger partial charge < -0.3 is 4.74 Å². The zero-order valence-corrected chi connectivity index (χ0v) is 9.26. The van der Waals surface area contributed by atoms with Crippen molar-refractivity contribution in [3.8, 4) is 11.8 Å². The molecule has 0 aromatic heterocycles. The lowest BCUT2D eigenvalue weighted by molar-refractivity contribution is 0.411. The van der Waals surface area contributed by atoms with Gasteiger partial charge in [0.05, 0.1) is 18.2 Å². The second-order valence-electron chi connectivity index (χ2n) is 2.35. The number of nitriles is 1. The van der Waals surface area contributed by atoms with E-state index in [4.69, 9.17) is 21.6 Å². The van der Waals surface area contributed by atoms with Gasteiger partial charge in [-0.15, -0.1) is 0 Å². The van der Waals surface area contributed by atoms with Crippen molar-refractivity contribution in [3.05, 3.63) is 28.8 Å². The molecule has 0 aliphatic heterocycles. The fourth-order valence-electron chi connectivity index (χ4n) is 1.01. The minimum absolute atomic E-state index is 0.388. The summed E-state index contributed by atoms with van der Waals surface area (Å²) in [6.45, 7) is 0. The van der Waals surface area contributed by atoms with Crippen LogP contribution >= 0.6 is 27.5 Å². The van der Waals surface area contributed by atoms with Crippen molar-refractivity contribution >= 4 is 27.5 Å². The summed E-state index contributed by atoms with van der Waals surface area (Å²) < 4.78 is 5.09. The van der Waals surface area contributed by atoms with E-state index in [1.54, 1.807) is 18.2 Å². The molecule has 0 fully saturated rings. The van der Waals surface area contributed by atoms with Crippen LogP contribution < -0.4 is 4.74 Å². The number of halogens is 2. The van der Waals surface area contributed by atoms with E-state index in [1.165, 1.54) is 7.11 Å². The monoisotopic (exact) mass is 259 g/mol. The number of hydrogen-bond donors (Lipinski definition) is 0. The zero-order valence-electron chi connectivity index (χ0n) is 6.92. The Morgan fingerprint density at radius 3 is 2.85 bits per heavy atom. The summed E-state index contributed by atoms with van der Waals surface area (Å²) >= 11 is 9.09. The van der Waals surface area contributed by atoms with Gasteiger partial charge in [-0.3, -0.25) is 0 Å². The smallest absolute Gasteiger partial charge is 0.142 e. The molecule has 1 unspecified atom stereocenters. The molecule has 1 atom stereocenters. The quantitative estimate of drug-likeness (QED) is 0.764. The first-order valence-corrected chi connectivity index (χ1v) is 4.86. The number of rotatable bonds is 2. The number of benzene rings is 1. The Kier molecular flexibility index (Phi) is 3.58. The molecule has 0 bridgehead atoms. The van der Waals surface area contributed by atoms with Crippen LogP contribution in [0.25, 0.3) is 0 Å². The Balaban J connectivity index is 3.21. The number of nitrogens with zero attached hydrogens (tertiary/aromatic N) is 1. The lowest BCUT2D eigenvalue weighted by atomic mass is 10.1. The molecule has 0 heterocycles. The molecule has 0 aliphatic rings. The van der Waals surface area contributed by atoms with Crippen LogP contribution in [-0.4, -0.2) is 7.11 Å². The van der Waals surface area contributed by atoms with Crippen molar-refractivity contribution in [2.45, 2.75) is 4.83 Å². The standard InChI is InChI=1S/C9H7BrClNO/c1-13-9-6(7(10)5-12)3-2-4-8(9)11/h2-4,7H,1H3. The lowest BCUT2D eigenvalue weighted by Crippen LogP contribution is -1.93. The maximum Gasteiger partial charge on any atom is 0.142 e. The van der Waals surface area contributed by atoms with E-state index in [0.717, 1.165) is 5.56 Å². The fraction of sp³-hybridized carbons (Fsp3) is 0.222. The normalized spacial score (nSPS) is 11.8. The Labute approximate surface area is 90.2 Å². The van der Waals surface area contributed by atoms with Gasteiger partial charge in [-0.05, 0) is 6.07 Å². The molecule has 68 valence electrons. The van der Waals surface area contributed by atoms with Crippen LogP contribution in [0.1, 0.15) is 10.4 Å². The van der Waals surface area contributed by atoms with Crippen molar-refractivity contribution in [2.75, 3.05) is 7.11 Å². The number of methoxy groups -OCH3 is 1. The van der Waals surface area contributed by atoms with Gasteiger partial charge in [-0.25, -0.2) is 0 Å². The van der Waals surface area contributed by atoms with E-state index >= 15 is 0 Å². The van der Waals surface area contributed by atoms with Gasteiger partial charge in [-0.1, -0.05) is 39.7 Å². The van der Waals surface area contributed by atoms with Crippen molar-refractivity contribution in [1.29, 1.82) is 5.26 Å². The molecule has 1 aromatic carbocycles. The zero-order chi connectivity index (χ0) is 9.84. The van der Waals surface area contributed by atoms with Gasteiger partial charge in [0.25, 0.3) is 0 Å². The van der Waals surface area contributed by atoms with Crippen molar-refractivity contribution in [2.24, 2.45) is 0 Å². The molecular formula is C9H7BrClNO. The van der Waals surface area contributed by atoms with Crippen LogP contribution in [0.5, 0.6) is 5.75 Å². The second-order valence-corrected chi connectivity index (χ2v) is 3.68. The topological polar surface area (TPSA) is 33.0 Å². The maximum atomic E-state index is 8.70. The number of para-hydroxylation sites is 1. The van der Waals surface area contributed by atoms with Crippen LogP contribution in [0.3, 0.4) is 0 Å². The van der Waals surface area contributed by atoms with Crippen LogP contribution in [-0.2, 0) is 0 Å². The summed E-state index contributed by atoms with van der Waals surface area (Å²) in [6, 6.07) is 7.37. The van der Waals surface area contributed by atoms with E-state index in [-0.39, 0.29) is 4.83 Å². The van der Waals surface area contributed by atoms with Gasteiger partial charge in [0.2, 0.25) is 0 Å². The van der Waals surface area contributed by atoms with Crippen LogP contribution in [0.15, 0.2) is 18.2 Å². The van der Waals surface area contributed by atoms with E-state index < -0.39 is 0 Å². The third kappa shape index (κ3) is 2.15. The first kappa shape index (κ1) is 10.4. The van der Waals surface area contributed by atoms with Crippen molar-refractivity contribution < 1.29 is 4.74 Å². The fourth-order valence-corrected chi connectivity index (χ4v) is 1.63. The molecule has 4 heteroatoms. The molecule has 0 amide bonds. The Bertz CT molecular complexity index is 348. The number of hydrogen-bond acceptors (Lipinski definition) is 2. The van der Waals surface area contributed by atoms with Crippen LogP contribution in [0.2, 0.25) is 5.02 Å². The van der Waals surface area contributed by atoms with Gasteiger partial charge >= 0.3 is 0 Å². The molecule has 0 radical (unpaired) electrons. The van der Waals surface area contributed by atoms with Crippen LogP contribution in [0, 0.1) is 11.3 Å². The van der Waals surface area contributed by atoms with Gasteiger partial charge in [0.1, 0.15) is 10.6 Å². The van der Waals surface area contributed by atoms with Crippen molar-refractivity contribution in [1.82, 2.24) is 0 Å². The summed E-state index contributed by atoms with van der Waals surface area (Å²) in [6.07, 6.45) is 0. The summed E-state index contributed by atoms with van der Waals surface area (Å²) in [5.74, 6) is 0.549. The molecule has 0 saturated heterocycles. The average molecular weight is 261 g/mol. The Morgan fingerprint density at radius 1 is 1.62 bits per heavy atom. The Morgan fingerprint density at radius 2 is 2.31 bits per heavy atom. The highest BCUT2D eigenvalue weighted by molar-refractivity contribution is 9.09. The van der Waals surface area contributed by atoms with Gasteiger partial charge in [0, 0.05) is 5.56 Å². The molecule has 1 aromatic rings. The van der Waals surface area contributed by atoms with E-state index in [9.17, 15) is 0 Å². The highest BCUT2D eigenvalue weighted by atomic mass is 79.9. The summed E-state index contributed by atoms with van der Waals surface area (Å²) in [5, 5.41) is 9.22. The molecule has 13 heavy (non-hydrogen) atoms. The molecular weight excluding hydrogens is 253 g/mol. The highest BCUT2D eigenvalue weighted by Crippen LogP contribution is 2.35. The predicted molar refractivity (Wildman–Crippen MR) is 55.3 cm³/mol. The first-order valence-electron chi connectivity index (χ1n) is 3.56. The third-order valence-electron chi connectivity index (χ3n) is 1.59. The van der Waals surface area contributed by atoms with Crippen LogP contribution in [0.4, 0.5) is 0 Å². The van der Waals surface area contributed by atoms with Gasteiger partial charge in [0.15, 0.2) is 0 Å². The van der Waals surface area contributed by atoms with Gasteiger partial charge in [-0.2, -0.15) is 5.26 Å². The second kappa shape index (κ2) is 4.50. The summed E-state index contributed by atoms with van der Waals surface area (Å²) in [7, 11) is 1.53. The Hall–Kier alpha value is -0.720. The van der Waals surface area contributed by atoms with E-state index in [0.29, 0.717) is 10.8 Å². The predicted octanol–water partition coefficient (Wildman–Crippen LogP) is 3.31. The molecule has 2 nitrogen and oxygen atoms in total. The summed E-state index contributed by atoms with van der Waals surface area (Å²) in [5.41, 5.74) is 0.748. The van der Waals surface area contributed by atoms with E-state index in [1.807, 2.05) is 0 Å². The summed E-state index contributed by atoms with van der Waals surface area (Å²) in [4.78, 5) is -0.388. The molecule has 0 aliphatic carbocycles. The molecule has 0 N–H and O–H groups in total. The van der Waals surface area contributed by atoms with Crippen molar-refractivity contribution in [3.63, 3.8) is 0 Å². The maximum absolute atomic E-state index is 8.70. The number of alkyl halides is 1. The minimum atomic E-state index is -0.388. The largest absolute Gasteiger partial charge is 0.495 e. The number of ether oxygens (including phenoxy) is 1. The average Bonchev–Trinajstić information content (AvgIpc) is 2.16. The molecule has 0 spiro atoms. The SMILES string of the molecule is COc1c(Cl)cccc1C(Br)C#N.